The summed E-state index contributed by atoms with van der Waals surface area (Å²) in [6.07, 6.45) is 0. The molecule has 2 aromatic carbocycles. The second kappa shape index (κ2) is 6.58. The molecule has 2 N–H and O–H groups in total. The van der Waals surface area contributed by atoms with Crippen LogP contribution in [0.15, 0.2) is 53.4 Å². The van der Waals surface area contributed by atoms with Crippen LogP contribution in [-0.4, -0.2) is 11.0 Å². The van der Waals surface area contributed by atoms with Crippen molar-refractivity contribution < 1.29 is 9.31 Å². The van der Waals surface area contributed by atoms with Gasteiger partial charge in [-0.2, -0.15) is 0 Å². The van der Waals surface area contributed by atoms with Crippen LogP contribution in [0.4, 0.5) is 10.1 Å². The van der Waals surface area contributed by atoms with Crippen molar-refractivity contribution in [3.05, 3.63) is 70.0 Å². The van der Waals surface area contributed by atoms with Gasteiger partial charge in [0.15, 0.2) is 0 Å². The fraction of sp³-hybridized carbons (Fsp3) is 0.200. The summed E-state index contributed by atoms with van der Waals surface area (Å²) in [5.41, 5.74) is 7.17. The second-order valence-corrected chi connectivity index (χ2v) is 5.84. The maximum absolute atomic E-state index is 13.0. The molecule has 0 heterocycles. The molecule has 2 aromatic rings. The van der Waals surface area contributed by atoms with Crippen LogP contribution in [0, 0.1) is 15.9 Å². The van der Waals surface area contributed by atoms with Gasteiger partial charge < -0.3 is 5.73 Å². The summed E-state index contributed by atoms with van der Waals surface area (Å²) in [5, 5.41) is 10.7. The van der Waals surface area contributed by atoms with Crippen LogP contribution < -0.4 is 5.73 Å². The molecular formula is C15H15FN2O2S. The van der Waals surface area contributed by atoms with Crippen LogP contribution in [0.1, 0.15) is 17.7 Å². The maximum Gasteiger partial charge on any atom is 0.226 e. The summed E-state index contributed by atoms with van der Waals surface area (Å²) >= 11 is 1.32. The Balaban J connectivity index is 2.35. The first-order chi connectivity index (χ1) is 9.99. The van der Waals surface area contributed by atoms with Crippen LogP contribution in [0.5, 0.6) is 0 Å². The van der Waals surface area contributed by atoms with E-state index in [1.165, 1.54) is 23.9 Å². The maximum atomic E-state index is 13.0. The molecule has 0 aliphatic carbocycles. The molecule has 2 atom stereocenters. The summed E-state index contributed by atoms with van der Waals surface area (Å²) in [4.78, 5) is 11.6. The van der Waals surface area contributed by atoms with Gasteiger partial charge in [-0.3, -0.25) is 10.1 Å². The lowest BCUT2D eigenvalue weighted by Gasteiger charge is -2.19. The Bertz CT molecular complexity index is 634. The van der Waals surface area contributed by atoms with Crippen LogP contribution >= 0.6 is 11.8 Å². The largest absolute Gasteiger partial charge is 0.398 e. The minimum absolute atomic E-state index is 0.333. The third kappa shape index (κ3) is 3.72. The van der Waals surface area contributed by atoms with E-state index in [-0.39, 0.29) is 10.7 Å². The fourth-order valence-electron chi connectivity index (χ4n) is 1.93. The lowest BCUT2D eigenvalue weighted by atomic mass is 10.1. The molecule has 6 heteroatoms. The predicted octanol–water partition coefficient (Wildman–Crippen LogP) is 3.91. The quantitative estimate of drug-likeness (QED) is 0.393. The van der Waals surface area contributed by atoms with E-state index in [0.29, 0.717) is 11.3 Å². The van der Waals surface area contributed by atoms with E-state index < -0.39 is 11.3 Å². The molecule has 0 aliphatic heterocycles. The molecule has 0 aliphatic rings. The molecular weight excluding hydrogens is 291 g/mol. The number of hydrogen-bond acceptors (Lipinski definition) is 4. The van der Waals surface area contributed by atoms with E-state index in [1.54, 1.807) is 25.1 Å². The number of benzene rings is 2. The molecule has 0 spiro atoms. The van der Waals surface area contributed by atoms with Gasteiger partial charge in [0.2, 0.25) is 6.04 Å². The Labute approximate surface area is 126 Å². The molecule has 0 fully saturated rings. The van der Waals surface area contributed by atoms with E-state index in [9.17, 15) is 14.5 Å². The van der Waals surface area contributed by atoms with Gasteiger partial charge in [0.1, 0.15) is 11.1 Å². The number of nitro groups is 1. The number of halogens is 1. The minimum atomic E-state index is -0.819. The van der Waals surface area contributed by atoms with E-state index >= 15 is 0 Å². The highest BCUT2D eigenvalue weighted by Crippen LogP contribution is 2.40. The molecule has 0 aromatic heterocycles. The number of nitrogens with two attached hydrogens (primary N) is 1. The molecule has 0 saturated carbocycles. The van der Waals surface area contributed by atoms with Gasteiger partial charge in [-0.25, -0.2) is 4.39 Å². The average Bonchev–Trinajstić information content (AvgIpc) is 2.47. The Hall–Kier alpha value is -2.08. The number of hydrogen-bond donors (Lipinski definition) is 1. The second-order valence-electron chi connectivity index (χ2n) is 4.65. The van der Waals surface area contributed by atoms with Gasteiger partial charge in [0.05, 0.1) is 0 Å². The van der Waals surface area contributed by atoms with Crippen molar-refractivity contribution in [1.29, 1.82) is 0 Å². The van der Waals surface area contributed by atoms with Crippen LogP contribution in [-0.2, 0) is 0 Å². The van der Waals surface area contributed by atoms with Crippen molar-refractivity contribution >= 4 is 17.4 Å². The third-order valence-electron chi connectivity index (χ3n) is 3.14. The van der Waals surface area contributed by atoms with Gasteiger partial charge in [-0.1, -0.05) is 24.3 Å². The minimum Gasteiger partial charge on any atom is -0.398 e. The van der Waals surface area contributed by atoms with Crippen molar-refractivity contribution in [2.75, 3.05) is 5.73 Å². The first-order valence-electron chi connectivity index (χ1n) is 6.39. The van der Waals surface area contributed by atoms with Crippen LogP contribution in [0.25, 0.3) is 0 Å². The Morgan fingerprint density at radius 3 is 2.38 bits per heavy atom. The molecule has 110 valence electrons. The topological polar surface area (TPSA) is 69.2 Å². The molecule has 0 unspecified atom stereocenters. The van der Waals surface area contributed by atoms with Gasteiger partial charge >= 0.3 is 0 Å². The number of rotatable bonds is 5. The number of para-hydroxylation sites is 1. The first kappa shape index (κ1) is 15.3. The number of nitrogen functional groups attached to an aromatic ring is 1. The summed E-state index contributed by atoms with van der Waals surface area (Å²) in [5.74, 6) is -0.365. The third-order valence-corrected chi connectivity index (χ3v) is 4.69. The first-order valence-corrected chi connectivity index (χ1v) is 7.27. The predicted molar refractivity (Wildman–Crippen MR) is 82.3 cm³/mol. The van der Waals surface area contributed by atoms with Crippen LogP contribution in [0.2, 0.25) is 0 Å². The summed E-state index contributed by atoms with van der Waals surface area (Å²) in [7, 11) is 0. The van der Waals surface area contributed by atoms with Crippen molar-refractivity contribution in [3.63, 3.8) is 0 Å². The van der Waals surface area contributed by atoms with Crippen molar-refractivity contribution in [3.8, 4) is 0 Å². The normalized spacial score (nSPS) is 13.6. The van der Waals surface area contributed by atoms with Gasteiger partial charge in [-0.05, 0) is 29.8 Å². The van der Waals surface area contributed by atoms with E-state index in [0.717, 1.165) is 4.90 Å². The van der Waals surface area contributed by atoms with Crippen LogP contribution in [0.3, 0.4) is 0 Å². The monoisotopic (exact) mass is 306 g/mol. The Morgan fingerprint density at radius 2 is 1.81 bits per heavy atom. The van der Waals surface area contributed by atoms with E-state index in [4.69, 9.17) is 5.73 Å². The Morgan fingerprint density at radius 1 is 1.19 bits per heavy atom. The fourth-order valence-corrected chi connectivity index (χ4v) is 3.16. The highest BCUT2D eigenvalue weighted by Gasteiger charge is 2.29. The number of nitrogens with zero attached hydrogens (tertiary/aromatic N) is 1. The molecule has 0 saturated heterocycles. The zero-order chi connectivity index (χ0) is 15.4. The van der Waals surface area contributed by atoms with Gasteiger partial charge in [0.25, 0.3) is 0 Å². The molecule has 0 bridgehead atoms. The summed E-state index contributed by atoms with van der Waals surface area (Å²) < 4.78 is 13.0. The summed E-state index contributed by atoms with van der Waals surface area (Å²) in [6, 6.07) is 12.2. The zero-order valence-corrected chi connectivity index (χ0v) is 12.2. The lowest BCUT2D eigenvalue weighted by Crippen LogP contribution is -2.22. The van der Waals surface area contributed by atoms with Crippen molar-refractivity contribution in [2.24, 2.45) is 0 Å². The standard InChI is InChI=1S/C15H15FN2O2S/c1-10(18(19)20)15(11-6-8-12(16)9-7-11)21-14-5-3-2-4-13(14)17/h2-10,15H,17H2,1H3/t10-,15-/m1/s1. The molecule has 0 radical (unpaired) electrons. The van der Waals surface area contributed by atoms with Crippen molar-refractivity contribution in [2.45, 2.75) is 23.1 Å². The average molecular weight is 306 g/mol. The van der Waals surface area contributed by atoms with Gasteiger partial charge in [-0.15, -0.1) is 11.8 Å². The highest BCUT2D eigenvalue weighted by atomic mass is 32.2. The molecule has 2 rings (SSSR count). The number of thioether (sulfide) groups is 1. The Kier molecular flexibility index (Phi) is 4.80. The highest BCUT2D eigenvalue weighted by molar-refractivity contribution is 7.99. The van der Waals surface area contributed by atoms with Gasteiger partial charge in [0, 0.05) is 22.4 Å². The zero-order valence-electron chi connectivity index (χ0n) is 11.4. The lowest BCUT2D eigenvalue weighted by molar-refractivity contribution is -0.518. The molecule has 21 heavy (non-hydrogen) atoms. The smallest absolute Gasteiger partial charge is 0.226 e. The van der Waals surface area contributed by atoms with E-state index in [2.05, 4.69) is 0 Å². The molecule has 0 amide bonds. The SMILES string of the molecule is C[C@H]([C@@H](Sc1ccccc1N)c1ccc(F)cc1)[N+](=O)[O-]. The summed E-state index contributed by atoms with van der Waals surface area (Å²) in [6.45, 7) is 1.54. The molecule has 4 nitrogen and oxygen atoms in total. The van der Waals surface area contributed by atoms with Crippen molar-refractivity contribution in [1.82, 2.24) is 0 Å². The van der Waals surface area contributed by atoms with E-state index in [1.807, 2.05) is 18.2 Å². The number of anilines is 1.